The second-order valence-electron chi connectivity index (χ2n) is 7.68. The summed E-state index contributed by atoms with van der Waals surface area (Å²) in [4.78, 5) is 20.2. The van der Waals surface area contributed by atoms with Crippen LogP contribution >= 0.6 is 0 Å². The van der Waals surface area contributed by atoms with Crippen LogP contribution in [-0.4, -0.2) is 49.9 Å². The van der Waals surface area contributed by atoms with Gasteiger partial charge in [0.15, 0.2) is 0 Å². The summed E-state index contributed by atoms with van der Waals surface area (Å²) in [6, 6.07) is 25.6. The van der Waals surface area contributed by atoms with Gasteiger partial charge in [0, 0.05) is 24.2 Å². The molecule has 0 saturated carbocycles. The van der Waals surface area contributed by atoms with Crippen molar-refractivity contribution in [1.82, 2.24) is 4.90 Å². The smallest absolute Gasteiger partial charge is 0.254 e. The number of carbonyl (C=O) groups is 1. The molecule has 1 saturated heterocycles. The fourth-order valence-electron chi connectivity index (χ4n) is 3.93. The monoisotopic (exact) mass is 429 g/mol. The van der Waals surface area contributed by atoms with Gasteiger partial charge in [-0.3, -0.25) is 4.79 Å². The highest BCUT2D eigenvalue weighted by molar-refractivity contribution is 6.00. The van der Waals surface area contributed by atoms with Crippen LogP contribution in [0.2, 0.25) is 0 Å². The number of carbonyl (C=O) groups excluding carboxylic acids is 1. The summed E-state index contributed by atoms with van der Waals surface area (Å²) in [5.41, 5.74) is 4.72. The lowest BCUT2D eigenvalue weighted by atomic mass is 10.0. The van der Waals surface area contributed by atoms with E-state index in [0.29, 0.717) is 25.1 Å². The zero-order valence-corrected chi connectivity index (χ0v) is 18.3. The van der Waals surface area contributed by atoms with Crippen LogP contribution in [0.25, 0.3) is 11.1 Å². The van der Waals surface area contributed by atoms with Gasteiger partial charge in [-0.15, -0.1) is 0 Å². The van der Waals surface area contributed by atoms with Gasteiger partial charge >= 0.3 is 0 Å². The van der Waals surface area contributed by atoms with Gasteiger partial charge in [-0.25, -0.2) is 0 Å². The van der Waals surface area contributed by atoms with Crippen LogP contribution < -0.4 is 10.1 Å². The van der Waals surface area contributed by atoms with Gasteiger partial charge in [0.05, 0.1) is 25.4 Å². The lowest BCUT2D eigenvalue weighted by molar-refractivity contribution is 0.0748. The number of hydrogen-bond donors (Lipinski definition) is 1. The molecule has 1 fully saturated rings. The van der Waals surface area contributed by atoms with Gasteiger partial charge < -0.3 is 19.8 Å². The largest absolute Gasteiger partial charge is 0.497 e. The van der Waals surface area contributed by atoms with Crippen molar-refractivity contribution in [2.75, 3.05) is 32.6 Å². The molecule has 6 nitrogen and oxygen atoms in total. The number of likely N-dealkylation sites (tertiary alicyclic amines) is 1. The van der Waals surface area contributed by atoms with Crippen molar-refractivity contribution in [2.45, 2.75) is 12.5 Å². The predicted molar refractivity (Wildman–Crippen MR) is 127 cm³/mol. The third-order valence-electron chi connectivity index (χ3n) is 5.62. The van der Waals surface area contributed by atoms with Crippen LogP contribution in [0, 0.1) is 0 Å². The highest BCUT2D eigenvalue weighted by atomic mass is 16.6. The fraction of sp³-hybridized carbons (Fsp3) is 0.231. The minimum Gasteiger partial charge on any atom is -0.497 e. The molecule has 164 valence electrons. The first-order valence-electron chi connectivity index (χ1n) is 10.6. The molecule has 0 bridgehead atoms. The Balaban J connectivity index is 1.48. The molecule has 0 spiro atoms. The van der Waals surface area contributed by atoms with Gasteiger partial charge in [0.25, 0.3) is 5.91 Å². The molecule has 6 heteroatoms. The first-order chi connectivity index (χ1) is 15.7. The number of nitrogens with one attached hydrogen (secondary N) is 1. The zero-order valence-electron chi connectivity index (χ0n) is 18.3. The predicted octanol–water partition coefficient (Wildman–Crippen LogP) is 4.69. The Kier molecular flexibility index (Phi) is 6.70. The quantitative estimate of drug-likeness (QED) is 0.554. The van der Waals surface area contributed by atoms with E-state index < -0.39 is 0 Å². The molecule has 1 amide bonds. The van der Waals surface area contributed by atoms with E-state index in [2.05, 4.69) is 22.6 Å². The molecule has 0 unspecified atom stereocenters. The Hall–Kier alpha value is -3.80. The van der Waals surface area contributed by atoms with Crippen molar-refractivity contribution in [2.24, 2.45) is 5.16 Å². The van der Waals surface area contributed by atoms with Gasteiger partial charge in [0.1, 0.15) is 12.9 Å². The summed E-state index contributed by atoms with van der Waals surface area (Å²) in [6.07, 6.45) is 0.671. The summed E-state index contributed by atoms with van der Waals surface area (Å²) in [5, 5.41) is 7.53. The molecule has 1 aliphatic rings. The summed E-state index contributed by atoms with van der Waals surface area (Å²) < 4.78 is 5.21. The molecule has 0 radical (unpaired) electrons. The van der Waals surface area contributed by atoms with Gasteiger partial charge in [-0.05, 0) is 47.5 Å². The summed E-state index contributed by atoms with van der Waals surface area (Å²) in [7, 11) is 3.18. The number of rotatable bonds is 7. The summed E-state index contributed by atoms with van der Waals surface area (Å²) in [5.74, 6) is 0.800. The highest BCUT2D eigenvalue weighted by Gasteiger charge is 2.33. The molecule has 0 aliphatic carbocycles. The molecule has 1 aliphatic heterocycles. The van der Waals surface area contributed by atoms with Crippen LogP contribution in [0.4, 0.5) is 5.69 Å². The Morgan fingerprint density at radius 2 is 1.66 bits per heavy atom. The maximum Gasteiger partial charge on any atom is 0.254 e. The van der Waals surface area contributed by atoms with Crippen molar-refractivity contribution in [3.05, 3.63) is 84.4 Å². The Labute approximate surface area is 188 Å². The van der Waals surface area contributed by atoms with Crippen LogP contribution in [0.15, 0.2) is 84.0 Å². The molecule has 1 N–H and O–H groups in total. The molecule has 0 aromatic heterocycles. The van der Waals surface area contributed by atoms with E-state index in [1.807, 2.05) is 71.6 Å². The second kappa shape index (κ2) is 10.0. The summed E-state index contributed by atoms with van der Waals surface area (Å²) in [6.45, 7) is 1.07. The standard InChI is InChI=1S/C26H27N3O3/c1-31-25-14-12-22(13-15-25)27-17-24-16-23(28-32-2)18-29(24)26(30)21-10-8-20(9-11-21)19-6-4-3-5-7-19/h3-15,24,27H,16-18H2,1-2H3/t24-/m0/s1. The number of amides is 1. The van der Waals surface area contributed by atoms with Gasteiger partial charge in [-0.2, -0.15) is 0 Å². The van der Waals surface area contributed by atoms with E-state index in [-0.39, 0.29) is 11.9 Å². The van der Waals surface area contributed by atoms with Crippen molar-refractivity contribution in [3.8, 4) is 16.9 Å². The molecule has 1 atom stereocenters. The molecule has 3 aromatic carbocycles. The van der Waals surface area contributed by atoms with E-state index in [1.165, 1.54) is 7.11 Å². The molecule has 32 heavy (non-hydrogen) atoms. The van der Waals surface area contributed by atoms with Gasteiger partial charge in [-0.1, -0.05) is 47.6 Å². The minimum absolute atomic E-state index is 0.00699. The van der Waals surface area contributed by atoms with E-state index in [0.717, 1.165) is 28.3 Å². The average Bonchev–Trinajstić information content (AvgIpc) is 3.26. The van der Waals surface area contributed by atoms with Crippen LogP contribution in [0.5, 0.6) is 5.75 Å². The Morgan fingerprint density at radius 1 is 0.969 bits per heavy atom. The Bertz CT molecular complexity index is 1060. The van der Waals surface area contributed by atoms with Crippen molar-refractivity contribution in [1.29, 1.82) is 0 Å². The molecular formula is C26H27N3O3. The number of nitrogens with zero attached hydrogens (tertiary/aromatic N) is 2. The minimum atomic E-state index is -0.0210. The third kappa shape index (κ3) is 4.91. The lowest BCUT2D eigenvalue weighted by Gasteiger charge is -2.25. The maximum absolute atomic E-state index is 13.3. The highest BCUT2D eigenvalue weighted by Crippen LogP contribution is 2.24. The fourth-order valence-corrected chi connectivity index (χ4v) is 3.93. The first kappa shape index (κ1) is 21.4. The number of benzene rings is 3. The topological polar surface area (TPSA) is 63.2 Å². The SMILES string of the molecule is CON=C1C[C@@H](CNc2ccc(OC)cc2)N(C(=O)c2ccc(-c3ccccc3)cc2)C1. The van der Waals surface area contributed by atoms with E-state index in [9.17, 15) is 4.79 Å². The Morgan fingerprint density at radius 3 is 2.31 bits per heavy atom. The average molecular weight is 430 g/mol. The summed E-state index contributed by atoms with van der Waals surface area (Å²) >= 11 is 0. The molecule has 3 aromatic rings. The van der Waals surface area contributed by atoms with E-state index in [1.54, 1.807) is 7.11 Å². The number of hydrogen-bond acceptors (Lipinski definition) is 5. The molecule has 1 heterocycles. The number of ether oxygens (including phenoxy) is 1. The van der Waals surface area contributed by atoms with E-state index >= 15 is 0 Å². The van der Waals surface area contributed by atoms with Crippen LogP contribution in [0.3, 0.4) is 0 Å². The van der Waals surface area contributed by atoms with Crippen molar-refractivity contribution < 1.29 is 14.4 Å². The zero-order chi connectivity index (χ0) is 22.3. The lowest BCUT2D eigenvalue weighted by Crippen LogP contribution is -2.39. The van der Waals surface area contributed by atoms with Crippen LogP contribution in [-0.2, 0) is 4.84 Å². The van der Waals surface area contributed by atoms with Crippen LogP contribution in [0.1, 0.15) is 16.8 Å². The second-order valence-corrected chi connectivity index (χ2v) is 7.68. The number of methoxy groups -OCH3 is 1. The van der Waals surface area contributed by atoms with Crippen molar-refractivity contribution in [3.63, 3.8) is 0 Å². The number of anilines is 1. The van der Waals surface area contributed by atoms with E-state index in [4.69, 9.17) is 9.57 Å². The molecular weight excluding hydrogens is 402 g/mol. The first-order valence-corrected chi connectivity index (χ1v) is 10.6. The number of oxime groups is 1. The third-order valence-corrected chi connectivity index (χ3v) is 5.62. The normalized spacial score (nSPS) is 16.8. The molecule has 4 rings (SSSR count). The van der Waals surface area contributed by atoms with Crippen molar-refractivity contribution >= 4 is 17.3 Å². The van der Waals surface area contributed by atoms with Gasteiger partial charge in [0.2, 0.25) is 0 Å². The maximum atomic E-state index is 13.3.